The first-order valence-corrected chi connectivity index (χ1v) is 4.26. The molecule has 0 amide bonds. The van der Waals surface area contributed by atoms with Crippen molar-refractivity contribution >= 4 is 6.20 Å². The monoisotopic (exact) mass is 197 g/mol. The normalized spacial score (nSPS) is 9.53. The highest BCUT2D eigenvalue weighted by atomic mass is 15.5. The van der Waals surface area contributed by atoms with Crippen molar-refractivity contribution in [2.45, 2.75) is 0 Å². The minimum atomic E-state index is 0.516. The van der Waals surface area contributed by atoms with Gasteiger partial charge in [0.05, 0.1) is 11.6 Å². The smallest absolute Gasteiger partial charge is 0.187 e. The molecule has 0 spiro atoms. The van der Waals surface area contributed by atoms with Crippen LogP contribution >= 0.6 is 0 Å². The number of hydrogen-bond donors (Lipinski definition) is 0. The minimum absolute atomic E-state index is 0.516. The molecule has 1 heterocycles. The van der Waals surface area contributed by atoms with Gasteiger partial charge in [0.2, 0.25) is 0 Å². The van der Waals surface area contributed by atoms with Gasteiger partial charge >= 0.3 is 0 Å². The quantitative estimate of drug-likeness (QED) is 0.728. The molecule has 5 nitrogen and oxygen atoms in total. The van der Waals surface area contributed by atoms with E-state index in [1.807, 2.05) is 6.07 Å². The number of nitrogens with zero attached hydrogens (tertiary/aromatic N) is 5. The van der Waals surface area contributed by atoms with Gasteiger partial charge in [0.1, 0.15) is 0 Å². The average molecular weight is 197 g/mol. The molecule has 15 heavy (non-hydrogen) atoms. The number of rotatable bonds is 2. The van der Waals surface area contributed by atoms with Crippen LogP contribution in [0.15, 0.2) is 30.8 Å². The van der Waals surface area contributed by atoms with Crippen molar-refractivity contribution in [2.24, 2.45) is 0 Å². The number of aromatic nitrogens is 4. The van der Waals surface area contributed by atoms with E-state index < -0.39 is 0 Å². The molecular formula is C10H7N5. The van der Waals surface area contributed by atoms with E-state index >= 15 is 0 Å². The van der Waals surface area contributed by atoms with Crippen LogP contribution in [0.1, 0.15) is 5.56 Å². The molecule has 0 saturated carbocycles. The fraction of sp³-hybridized carbons (Fsp3) is 0. The summed E-state index contributed by atoms with van der Waals surface area (Å²) in [5.41, 5.74) is 1.24. The van der Waals surface area contributed by atoms with Crippen LogP contribution in [0.2, 0.25) is 0 Å². The largest absolute Gasteiger partial charge is 0.201 e. The van der Waals surface area contributed by atoms with Gasteiger partial charge in [-0.05, 0) is 22.6 Å². The van der Waals surface area contributed by atoms with Gasteiger partial charge in [-0.2, -0.15) is 5.26 Å². The van der Waals surface area contributed by atoms with Crippen LogP contribution in [0.4, 0.5) is 0 Å². The minimum Gasteiger partial charge on any atom is -0.201 e. The lowest BCUT2D eigenvalue weighted by Crippen LogP contribution is -1.94. The summed E-state index contributed by atoms with van der Waals surface area (Å²) in [5, 5.41) is 20.0. The second-order valence-electron chi connectivity index (χ2n) is 2.79. The molecule has 5 heteroatoms. The van der Waals surface area contributed by atoms with Crippen LogP contribution < -0.4 is 0 Å². The zero-order valence-electron chi connectivity index (χ0n) is 7.83. The van der Waals surface area contributed by atoms with E-state index in [9.17, 15) is 0 Å². The Labute approximate surface area is 86.3 Å². The third kappa shape index (κ3) is 1.48. The van der Waals surface area contributed by atoms with E-state index in [-0.39, 0.29) is 0 Å². The molecule has 0 aliphatic heterocycles. The molecule has 0 aliphatic carbocycles. The van der Waals surface area contributed by atoms with Gasteiger partial charge in [-0.15, -0.1) is 5.10 Å². The highest BCUT2D eigenvalue weighted by Crippen LogP contribution is 2.19. The molecule has 2 aromatic rings. The second-order valence-corrected chi connectivity index (χ2v) is 2.79. The maximum Gasteiger partial charge on any atom is 0.187 e. The van der Waals surface area contributed by atoms with Gasteiger partial charge in [-0.1, -0.05) is 18.7 Å². The Hall–Kier alpha value is -2.48. The molecule has 2 rings (SSSR count). The van der Waals surface area contributed by atoms with Crippen molar-refractivity contribution in [3.63, 3.8) is 0 Å². The first kappa shape index (κ1) is 9.09. The predicted molar refractivity (Wildman–Crippen MR) is 54.4 cm³/mol. The Balaban J connectivity index is 2.64. The Morgan fingerprint density at radius 3 is 2.93 bits per heavy atom. The SMILES string of the molecule is C=Cn1nnnc1-c1ccccc1C#N. The van der Waals surface area contributed by atoms with Crippen LogP contribution in [-0.4, -0.2) is 20.2 Å². The third-order valence-electron chi connectivity index (χ3n) is 1.95. The zero-order chi connectivity index (χ0) is 10.7. The number of nitriles is 1. The van der Waals surface area contributed by atoms with E-state index in [4.69, 9.17) is 5.26 Å². The van der Waals surface area contributed by atoms with Gasteiger partial charge in [0, 0.05) is 11.8 Å². The van der Waals surface area contributed by atoms with Crippen molar-refractivity contribution in [2.75, 3.05) is 0 Å². The molecule has 72 valence electrons. The Kier molecular flexibility index (Phi) is 2.25. The van der Waals surface area contributed by atoms with Gasteiger partial charge in [-0.25, -0.2) is 4.68 Å². The van der Waals surface area contributed by atoms with Crippen LogP contribution in [0, 0.1) is 11.3 Å². The van der Waals surface area contributed by atoms with Crippen LogP contribution in [-0.2, 0) is 0 Å². The average Bonchev–Trinajstić information content (AvgIpc) is 2.76. The first-order valence-electron chi connectivity index (χ1n) is 4.26. The summed E-state index contributed by atoms with van der Waals surface area (Å²) < 4.78 is 1.43. The molecule has 0 fully saturated rings. The van der Waals surface area contributed by atoms with E-state index in [1.54, 1.807) is 18.2 Å². The highest BCUT2D eigenvalue weighted by Gasteiger charge is 2.10. The van der Waals surface area contributed by atoms with Crippen molar-refractivity contribution in [1.29, 1.82) is 5.26 Å². The molecule has 0 radical (unpaired) electrons. The molecule has 0 saturated heterocycles. The lowest BCUT2D eigenvalue weighted by molar-refractivity contribution is 0.820. The van der Waals surface area contributed by atoms with Gasteiger partial charge in [-0.3, -0.25) is 0 Å². The Bertz CT molecular complexity index is 535. The van der Waals surface area contributed by atoms with Crippen molar-refractivity contribution in [3.05, 3.63) is 36.4 Å². The van der Waals surface area contributed by atoms with Crippen molar-refractivity contribution in [1.82, 2.24) is 20.2 Å². The molecular weight excluding hydrogens is 190 g/mol. The Morgan fingerprint density at radius 1 is 1.40 bits per heavy atom. The topological polar surface area (TPSA) is 67.4 Å². The van der Waals surface area contributed by atoms with Gasteiger partial charge < -0.3 is 0 Å². The fourth-order valence-corrected chi connectivity index (χ4v) is 1.27. The molecule has 1 aromatic carbocycles. The lowest BCUT2D eigenvalue weighted by atomic mass is 10.1. The van der Waals surface area contributed by atoms with Gasteiger partial charge in [0.15, 0.2) is 5.82 Å². The van der Waals surface area contributed by atoms with Crippen LogP contribution in [0.3, 0.4) is 0 Å². The summed E-state index contributed by atoms with van der Waals surface area (Å²) >= 11 is 0. The maximum atomic E-state index is 8.93. The summed E-state index contributed by atoms with van der Waals surface area (Å²) in [4.78, 5) is 0. The predicted octanol–water partition coefficient (Wildman–Crippen LogP) is 1.31. The van der Waals surface area contributed by atoms with Crippen molar-refractivity contribution in [3.8, 4) is 17.5 Å². The first-order chi connectivity index (χ1) is 7.36. The summed E-state index contributed by atoms with van der Waals surface area (Å²) in [6.45, 7) is 3.58. The number of benzene rings is 1. The molecule has 0 atom stereocenters. The maximum absolute atomic E-state index is 8.93. The summed E-state index contributed by atoms with van der Waals surface area (Å²) in [6, 6.07) is 9.23. The number of hydrogen-bond acceptors (Lipinski definition) is 4. The highest BCUT2D eigenvalue weighted by molar-refractivity contribution is 5.65. The molecule has 0 unspecified atom stereocenters. The molecule has 0 aliphatic rings. The Morgan fingerprint density at radius 2 is 2.20 bits per heavy atom. The van der Waals surface area contributed by atoms with Crippen LogP contribution in [0.25, 0.3) is 17.6 Å². The zero-order valence-corrected chi connectivity index (χ0v) is 7.83. The van der Waals surface area contributed by atoms with E-state index in [0.717, 1.165) is 0 Å². The van der Waals surface area contributed by atoms with Crippen molar-refractivity contribution < 1.29 is 0 Å². The standard InChI is InChI=1S/C10H7N5/c1-2-15-10(12-13-14-15)9-6-4-3-5-8(9)7-11/h2-6H,1H2. The summed E-state index contributed by atoms with van der Waals surface area (Å²) in [7, 11) is 0. The molecule has 1 aromatic heterocycles. The van der Waals surface area contributed by atoms with Crippen LogP contribution in [0.5, 0.6) is 0 Å². The second kappa shape index (κ2) is 3.72. The third-order valence-corrected chi connectivity index (χ3v) is 1.95. The molecule has 0 N–H and O–H groups in total. The van der Waals surface area contributed by atoms with E-state index in [2.05, 4.69) is 28.2 Å². The fourth-order valence-electron chi connectivity index (χ4n) is 1.27. The summed E-state index contributed by atoms with van der Waals surface area (Å²) in [5.74, 6) is 0.516. The van der Waals surface area contributed by atoms with E-state index in [1.165, 1.54) is 10.9 Å². The van der Waals surface area contributed by atoms with E-state index in [0.29, 0.717) is 17.0 Å². The van der Waals surface area contributed by atoms with Gasteiger partial charge in [0.25, 0.3) is 0 Å². The summed E-state index contributed by atoms with van der Waals surface area (Å²) in [6.07, 6.45) is 1.49. The number of tetrazole rings is 1. The molecule has 0 bridgehead atoms. The lowest BCUT2D eigenvalue weighted by Gasteiger charge is -2.00.